The number of sulfonamides is 1. The number of hydrogen-bond acceptors (Lipinski definition) is 4. The van der Waals surface area contributed by atoms with Crippen LogP contribution in [0.25, 0.3) is 0 Å². The molecule has 1 aromatic rings. The number of benzene rings is 1. The molecule has 1 saturated heterocycles. The maximum Gasteiger partial charge on any atom is 0.243 e. The van der Waals surface area contributed by atoms with Gasteiger partial charge in [0.15, 0.2) is 0 Å². The summed E-state index contributed by atoms with van der Waals surface area (Å²) in [6, 6.07) is 3.18. The van der Waals surface area contributed by atoms with Gasteiger partial charge in [-0.3, -0.25) is 0 Å². The Morgan fingerprint density at radius 1 is 1.38 bits per heavy atom. The van der Waals surface area contributed by atoms with E-state index in [2.05, 4.69) is 0 Å². The topological polar surface area (TPSA) is 72.6 Å². The van der Waals surface area contributed by atoms with Crippen molar-refractivity contribution >= 4 is 21.6 Å². The Morgan fingerprint density at radius 2 is 2.00 bits per heavy atom. The molecular weight excluding hydrogens is 312 g/mol. The fourth-order valence-electron chi connectivity index (χ4n) is 2.59. The van der Waals surface area contributed by atoms with Gasteiger partial charge in [0.25, 0.3) is 0 Å². The van der Waals surface area contributed by atoms with E-state index in [1.54, 1.807) is 20.0 Å². The first-order valence-corrected chi connectivity index (χ1v) is 8.74. The van der Waals surface area contributed by atoms with Gasteiger partial charge in [-0.15, -0.1) is 0 Å². The highest BCUT2D eigenvalue weighted by Crippen LogP contribution is 2.28. The lowest BCUT2D eigenvalue weighted by molar-refractivity contribution is 0.0632. The molecule has 0 unspecified atom stereocenters. The Labute approximate surface area is 131 Å². The van der Waals surface area contributed by atoms with Gasteiger partial charge < -0.3 is 10.5 Å². The van der Waals surface area contributed by atoms with Crippen molar-refractivity contribution in [2.45, 2.75) is 37.2 Å². The van der Waals surface area contributed by atoms with Crippen molar-refractivity contribution in [3.05, 3.63) is 28.3 Å². The van der Waals surface area contributed by atoms with Gasteiger partial charge in [0.2, 0.25) is 10.0 Å². The number of nitrogens with two attached hydrogens (primary N) is 1. The maximum atomic E-state index is 12.9. The molecule has 2 rings (SSSR count). The normalized spacial score (nSPS) is 17.4. The first-order valence-electron chi connectivity index (χ1n) is 6.92. The molecule has 5 nitrogen and oxygen atoms in total. The molecule has 1 fully saturated rings. The van der Waals surface area contributed by atoms with Gasteiger partial charge in [-0.05, 0) is 43.0 Å². The quantitative estimate of drug-likeness (QED) is 0.914. The van der Waals surface area contributed by atoms with E-state index in [0.29, 0.717) is 36.6 Å². The molecule has 21 heavy (non-hydrogen) atoms. The Hall–Kier alpha value is -0.660. The molecule has 0 radical (unpaired) electrons. The van der Waals surface area contributed by atoms with Crippen molar-refractivity contribution in [1.29, 1.82) is 0 Å². The molecule has 1 aliphatic heterocycles. The predicted octanol–water partition coefficient (Wildman–Crippen LogP) is 1.91. The minimum atomic E-state index is -3.59. The molecule has 0 aromatic heterocycles. The molecule has 0 bridgehead atoms. The summed E-state index contributed by atoms with van der Waals surface area (Å²) in [6.45, 7) is 3.21. The van der Waals surface area contributed by atoms with Crippen LogP contribution in [0.1, 0.15) is 24.0 Å². The van der Waals surface area contributed by atoms with Crippen LogP contribution in [0, 0.1) is 6.92 Å². The van der Waals surface area contributed by atoms with Crippen molar-refractivity contribution in [1.82, 2.24) is 4.31 Å². The van der Waals surface area contributed by atoms with Gasteiger partial charge >= 0.3 is 0 Å². The van der Waals surface area contributed by atoms with E-state index < -0.39 is 10.0 Å². The van der Waals surface area contributed by atoms with Crippen molar-refractivity contribution in [3.8, 4) is 0 Å². The van der Waals surface area contributed by atoms with Gasteiger partial charge in [-0.2, -0.15) is 4.31 Å². The second-order valence-electron chi connectivity index (χ2n) is 5.26. The zero-order chi connectivity index (χ0) is 15.6. The van der Waals surface area contributed by atoms with Crippen molar-refractivity contribution < 1.29 is 13.2 Å². The van der Waals surface area contributed by atoms with Crippen LogP contribution in [-0.4, -0.2) is 39.0 Å². The molecule has 0 atom stereocenters. The standard InChI is InChI=1S/C14H21ClN2O3S/c1-10-11(9-16)7-12(15)8-14(10)21(18,19)17(2)13-3-5-20-6-4-13/h7-8,13H,3-6,9,16H2,1-2H3. The minimum absolute atomic E-state index is 0.0385. The third-order valence-electron chi connectivity index (χ3n) is 4.01. The van der Waals surface area contributed by atoms with Gasteiger partial charge in [-0.25, -0.2) is 8.42 Å². The zero-order valence-electron chi connectivity index (χ0n) is 12.3. The SMILES string of the molecule is Cc1c(CN)cc(Cl)cc1S(=O)(=O)N(C)C1CCOCC1. The average molecular weight is 333 g/mol. The van der Waals surface area contributed by atoms with E-state index in [-0.39, 0.29) is 17.5 Å². The first-order chi connectivity index (χ1) is 9.87. The van der Waals surface area contributed by atoms with E-state index in [1.165, 1.54) is 10.4 Å². The van der Waals surface area contributed by atoms with Crippen molar-refractivity contribution in [2.24, 2.45) is 5.73 Å². The Kier molecular flexibility index (Phi) is 5.27. The Balaban J connectivity index is 2.41. The summed E-state index contributed by atoms with van der Waals surface area (Å²) in [5.41, 5.74) is 7.09. The summed E-state index contributed by atoms with van der Waals surface area (Å²) in [6.07, 6.45) is 1.41. The van der Waals surface area contributed by atoms with E-state index in [1.807, 2.05) is 0 Å². The van der Waals surface area contributed by atoms with Crippen LogP contribution in [0.5, 0.6) is 0 Å². The lowest BCUT2D eigenvalue weighted by Gasteiger charge is -2.31. The minimum Gasteiger partial charge on any atom is -0.381 e. The Bertz CT molecular complexity index is 613. The number of nitrogens with zero attached hydrogens (tertiary/aromatic N) is 1. The number of rotatable bonds is 4. The lowest BCUT2D eigenvalue weighted by atomic mass is 10.1. The molecule has 0 spiro atoms. The second-order valence-corrected chi connectivity index (χ2v) is 7.66. The lowest BCUT2D eigenvalue weighted by Crippen LogP contribution is -2.40. The summed E-state index contributed by atoms with van der Waals surface area (Å²) in [5, 5.41) is 0.389. The summed E-state index contributed by atoms with van der Waals surface area (Å²) < 4.78 is 32.4. The van der Waals surface area contributed by atoms with E-state index in [0.717, 1.165) is 5.56 Å². The van der Waals surface area contributed by atoms with Gasteiger partial charge in [0.1, 0.15) is 0 Å². The van der Waals surface area contributed by atoms with Crippen molar-refractivity contribution in [3.63, 3.8) is 0 Å². The van der Waals surface area contributed by atoms with E-state index in [9.17, 15) is 8.42 Å². The fourth-order valence-corrected chi connectivity index (χ4v) is 4.60. The van der Waals surface area contributed by atoms with Gasteiger partial charge in [0, 0.05) is 37.9 Å². The molecule has 1 aliphatic rings. The summed E-state index contributed by atoms with van der Waals surface area (Å²) in [4.78, 5) is 0.240. The number of hydrogen-bond donors (Lipinski definition) is 1. The number of halogens is 1. The molecule has 0 amide bonds. The molecular formula is C14H21ClN2O3S. The molecule has 0 aliphatic carbocycles. The van der Waals surface area contributed by atoms with Gasteiger partial charge in [0.05, 0.1) is 4.90 Å². The third-order valence-corrected chi connectivity index (χ3v) is 6.27. The summed E-state index contributed by atoms with van der Waals surface area (Å²) in [5.74, 6) is 0. The predicted molar refractivity (Wildman–Crippen MR) is 82.9 cm³/mol. The van der Waals surface area contributed by atoms with Crippen LogP contribution in [0.15, 0.2) is 17.0 Å². The fraction of sp³-hybridized carbons (Fsp3) is 0.571. The van der Waals surface area contributed by atoms with Crippen molar-refractivity contribution in [2.75, 3.05) is 20.3 Å². The molecule has 7 heteroatoms. The molecule has 1 heterocycles. The maximum absolute atomic E-state index is 12.9. The highest BCUT2D eigenvalue weighted by molar-refractivity contribution is 7.89. The molecule has 118 valence electrons. The van der Waals surface area contributed by atoms with Crippen LogP contribution in [0.4, 0.5) is 0 Å². The zero-order valence-corrected chi connectivity index (χ0v) is 13.9. The number of ether oxygens (including phenoxy) is 1. The largest absolute Gasteiger partial charge is 0.381 e. The van der Waals surface area contributed by atoms with E-state index in [4.69, 9.17) is 22.1 Å². The molecule has 2 N–H and O–H groups in total. The summed E-state index contributed by atoms with van der Waals surface area (Å²) >= 11 is 6.04. The average Bonchev–Trinajstić information content (AvgIpc) is 2.49. The van der Waals surface area contributed by atoms with Crippen LogP contribution in [0.3, 0.4) is 0 Å². The molecule has 0 saturated carbocycles. The van der Waals surface area contributed by atoms with Gasteiger partial charge in [-0.1, -0.05) is 11.6 Å². The highest BCUT2D eigenvalue weighted by Gasteiger charge is 2.31. The third kappa shape index (κ3) is 3.40. The van der Waals surface area contributed by atoms with E-state index >= 15 is 0 Å². The highest BCUT2D eigenvalue weighted by atomic mass is 35.5. The Morgan fingerprint density at radius 3 is 2.57 bits per heavy atom. The first kappa shape index (κ1) is 16.7. The van der Waals surface area contributed by atoms with Crippen LogP contribution in [-0.2, 0) is 21.3 Å². The smallest absolute Gasteiger partial charge is 0.243 e. The van der Waals surface area contributed by atoms with Crippen LogP contribution < -0.4 is 5.73 Å². The second kappa shape index (κ2) is 6.62. The monoisotopic (exact) mass is 332 g/mol. The summed E-state index contributed by atoms with van der Waals surface area (Å²) in [7, 11) is -1.97. The van der Waals surface area contributed by atoms with Crippen LogP contribution in [0.2, 0.25) is 5.02 Å². The van der Waals surface area contributed by atoms with Crippen LogP contribution >= 0.6 is 11.6 Å². The molecule has 1 aromatic carbocycles.